The van der Waals surface area contributed by atoms with Crippen LogP contribution in [0.15, 0.2) is 17.2 Å². The molecule has 0 spiro atoms. The highest BCUT2D eigenvalue weighted by Gasteiger charge is 2.32. The van der Waals surface area contributed by atoms with Crippen LogP contribution in [0.5, 0.6) is 0 Å². The van der Waals surface area contributed by atoms with Crippen LogP contribution in [-0.4, -0.2) is 34.7 Å². The molecule has 0 bridgehead atoms. The van der Waals surface area contributed by atoms with Crippen molar-refractivity contribution < 1.29 is 13.2 Å². The quantitative estimate of drug-likeness (QED) is 0.758. The third-order valence-corrected chi connectivity index (χ3v) is 2.65. The first-order chi connectivity index (χ1) is 9.24. The zero-order valence-corrected chi connectivity index (χ0v) is 12.1. The van der Waals surface area contributed by atoms with Gasteiger partial charge in [0.15, 0.2) is 5.82 Å². The highest BCUT2D eigenvalue weighted by atomic mass is 35.5. The summed E-state index contributed by atoms with van der Waals surface area (Å²) in [7, 11) is 0. The third-order valence-electron chi connectivity index (χ3n) is 2.48. The van der Waals surface area contributed by atoms with Gasteiger partial charge in [-0.05, 0) is 5.92 Å². The molecule has 0 aliphatic carbocycles. The third kappa shape index (κ3) is 5.03. The molecule has 8 heteroatoms. The Kier molecular flexibility index (Phi) is 5.86. The smallest absolute Gasteiger partial charge is 0.342 e. The van der Waals surface area contributed by atoms with Gasteiger partial charge >= 0.3 is 6.18 Å². The molecule has 0 saturated carbocycles. The Labute approximate surface area is 120 Å². The Balaban J connectivity index is 3.10. The van der Waals surface area contributed by atoms with Gasteiger partial charge in [-0.2, -0.15) is 13.2 Å². The van der Waals surface area contributed by atoms with Crippen molar-refractivity contribution in [3.63, 3.8) is 0 Å². The number of hydrogen-bond donors (Lipinski definition) is 0. The Bertz CT molecular complexity index is 488. The van der Waals surface area contributed by atoms with Crippen molar-refractivity contribution >= 4 is 17.4 Å². The maximum Gasteiger partial charge on any atom is 0.405 e. The highest BCUT2D eigenvalue weighted by molar-refractivity contribution is 6.18. The number of rotatable bonds is 6. The Morgan fingerprint density at radius 3 is 2.60 bits per heavy atom. The molecule has 0 amide bonds. The summed E-state index contributed by atoms with van der Waals surface area (Å²) in [5.41, 5.74) is -0.532. The van der Waals surface area contributed by atoms with Crippen LogP contribution in [0.3, 0.4) is 0 Å². The topological polar surface area (TPSA) is 38.1 Å². The number of hydrogen-bond acceptors (Lipinski definition) is 3. The molecule has 0 unspecified atom stereocenters. The Morgan fingerprint density at radius 2 is 2.10 bits per heavy atom. The van der Waals surface area contributed by atoms with Crippen molar-refractivity contribution in [2.75, 3.05) is 23.9 Å². The molecule has 20 heavy (non-hydrogen) atoms. The van der Waals surface area contributed by atoms with Crippen molar-refractivity contribution in [2.45, 2.75) is 26.6 Å². The lowest BCUT2D eigenvalue weighted by Crippen LogP contribution is -2.40. The predicted molar refractivity (Wildman–Crippen MR) is 72.3 cm³/mol. The predicted octanol–water partition coefficient (Wildman–Crippen LogP) is 2.51. The molecule has 0 fully saturated rings. The molecule has 1 aromatic rings. The molecule has 0 N–H and O–H groups in total. The minimum Gasteiger partial charge on any atom is -0.342 e. The van der Waals surface area contributed by atoms with E-state index in [0.29, 0.717) is 6.54 Å². The van der Waals surface area contributed by atoms with E-state index in [9.17, 15) is 18.0 Å². The number of halogens is 4. The van der Waals surface area contributed by atoms with Gasteiger partial charge in [0.25, 0.3) is 5.56 Å². The van der Waals surface area contributed by atoms with E-state index < -0.39 is 18.3 Å². The van der Waals surface area contributed by atoms with Gasteiger partial charge in [0, 0.05) is 31.4 Å². The fourth-order valence-corrected chi connectivity index (χ4v) is 1.97. The van der Waals surface area contributed by atoms with Crippen LogP contribution in [0.1, 0.15) is 13.8 Å². The summed E-state index contributed by atoms with van der Waals surface area (Å²) in [5.74, 6) is -0.0332. The zero-order valence-electron chi connectivity index (χ0n) is 11.3. The Hall–Kier alpha value is -1.24. The number of aromatic nitrogens is 2. The number of nitrogens with zero attached hydrogens (tertiary/aromatic N) is 3. The van der Waals surface area contributed by atoms with E-state index in [2.05, 4.69) is 4.98 Å². The average molecular weight is 312 g/mol. The maximum absolute atomic E-state index is 12.5. The van der Waals surface area contributed by atoms with Gasteiger partial charge in [-0.25, -0.2) is 4.98 Å². The van der Waals surface area contributed by atoms with Crippen molar-refractivity contribution in [1.82, 2.24) is 9.55 Å². The molecule has 1 heterocycles. The lowest BCUT2D eigenvalue weighted by Gasteiger charge is -2.24. The minimum absolute atomic E-state index is 0.0176. The lowest BCUT2D eigenvalue weighted by atomic mass is 10.2. The fraction of sp³-hybridized carbons (Fsp3) is 0.667. The van der Waals surface area contributed by atoms with Gasteiger partial charge in [0.2, 0.25) is 0 Å². The number of alkyl halides is 4. The summed E-state index contributed by atoms with van der Waals surface area (Å²) >= 11 is 5.51. The van der Waals surface area contributed by atoms with Crippen LogP contribution >= 0.6 is 11.6 Å². The summed E-state index contributed by atoms with van der Waals surface area (Å²) in [5, 5.41) is 0. The van der Waals surface area contributed by atoms with Crippen molar-refractivity contribution in [1.29, 1.82) is 0 Å². The molecular weight excluding hydrogens is 295 g/mol. The molecule has 0 radical (unpaired) electrons. The molecule has 0 atom stereocenters. The standard InChI is InChI=1S/C12H17ClF3N3O/c1-9(2)7-18-6-4-17-10(11(18)20)19(5-3-13)8-12(14,15)16/h4,6,9H,3,5,7-8H2,1-2H3. The first-order valence-electron chi connectivity index (χ1n) is 6.17. The summed E-state index contributed by atoms with van der Waals surface area (Å²) in [6, 6.07) is 0. The van der Waals surface area contributed by atoms with Crippen LogP contribution in [0.4, 0.5) is 19.0 Å². The van der Waals surface area contributed by atoms with E-state index in [4.69, 9.17) is 11.6 Å². The molecule has 0 aromatic carbocycles. The van der Waals surface area contributed by atoms with Gasteiger partial charge in [-0.3, -0.25) is 4.79 Å². The second kappa shape index (κ2) is 6.97. The monoisotopic (exact) mass is 311 g/mol. The molecule has 4 nitrogen and oxygen atoms in total. The van der Waals surface area contributed by atoms with Crippen molar-refractivity contribution in [3.05, 3.63) is 22.7 Å². The van der Waals surface area contributed by atoms with Gasteiger partial charge in [0.05, 0.1) is 0 Å². The van der Waals surface area contributed by atoms with Crippen LogP contribution < -0.4 is 10.5 Å². The summed E-state index contributed by atoms with van der Waals surface area (Å²) in [6.45, 7) is 2.93. The van der Waals surface area contributed by atoms with Crippen LogP contribution in [0.25, 0.3) is 0 Å². The second-order valence-electron chi connectivity index (χ2n) is 4.83. The Morgan fingerprint density at radius 1 is 1.45 bits per heavy atom. The van der Waals surface area contributed by atoms with Gasteiger partial charge in [-0.15, -0.1) is 11.6 Å². The van der Waals surface area contributed by atoms with E-state index >= 15 is 0 Å². The SMILES string of the molecule is CC(C)Cn1ccnc(N(CCCl)CC(F)(F)F)c1=O. The van der Waals surface area contributed by atoms with Crippen LogP contribution in [0.2, 0.25) is 0 Å². The lowest BCUT2D eigenvalue weighted by molar-refractivity contribution is -0.119. The summed E-state index contributed by atoms with van der Waals surface area (Å²) < 4.78 is 39.0. The highest BCUT2D eigenvalue weighted by Crippen LogP contribution is 2.18. The summed E-state index contributed by atoms with van der Waals surface area (Å²) in [6.07, 6.45) is -1.62. The molecule has 114 valence electrons. The van der Waals surface area contributed by atoms with Crippen LogP contribution in [-0.2, 0) is 6.54 Å². The minimum atomic E-state index is -4.42. The second-order valence-corrected chi connectivity index (χ2v) is 5.21. The van der Waals surface area contributed by atoms with Gasteiger partial charge in [0.1, 0.15) is 6.54 Å². The first-order valence-corrected chi connectivity index (χ1v) is 6.71. The average Bonchev–Trinajstić information content (AvgIpc) is 2.29. The van der Waals surface area contributed by atoms with Gasteiger partial charge < -0.3 is 9.47 Å². The number of anilines is 1. The van der Waals surface area contributed by atoms with E-state index in [1.807, 2.05) is 13.8 Å². The first kappa shape index (κ1) is 16.8. The molecule has 1 aromatic heterocycles. The van der Waals surface area contributed by atoms with E-state index in [0.717, 1.165) is 4.90 Å². The van der Waals surface area contributed by atoms with Crippen molar-refractivity contribution in [3.8, 4) is 0 Å². The normalized spacial score (nSPS) is 11.9. The molecule has 0 saturated heterocycles. The van der Waals surface area contributed by atoms with E-state index in [1.54, 1.807) is 0 Å². The molecule has 1 rings (SSSR count). The zero-order chi connectivity index (χ0) is 15.3. The largest absolute Gasteiger partial charge is 0.405 e. The fourth-order valence-electron chi connectivity index (χ4n) is 1.77. The van der Waals surface area contributed by atoms with E-state index in [-0.39, 0.29) is 24.2 Å². The molecular formula is C12H17ClF3N3O. The molecule has 0 aliphatic heterocycles. The maximum atomic E-state index is 12.5. The van der Waals surface area contributed by atoms with E-state index in [1.165, 1.54) is 17.0 Å². The summed E-state index contributed by atoms with van der Waals surface area (Å²) in [4.78, 5) is 16.8. The van der Waals surface area contributed by atoms with Gasteiger partial charge in [-0.1, -0.05) is 13.8 Å². The van der Waals surface area contributed by atoms with Crippen LogP contribution in [0, 0.1) is 5.92 Å². The van der Waals surface area contributed by atoms with Crippen molar-refractivity contribution in [2.24, 2.45) is 5.92 Å². The molecule has 0 aliphatic rings.